The molecule has 6 heteroatoms. The topological polar surface area (TPSA) is 89.9 Å². The fourth-order valence-electron chi connectivity index (χ4n) is 2.83. The Labute approximate surface area is 167 Å². The third kappa shape index (κ3) is 12.1. The molecule has 0 unspecified atom stereocenters. The number of carbonyl (C=O) groups excluding carboxylic acids is 2. The van der Waals surface area contributed by atoms with E-state index in [0.717, 1.165) is 18.4 Å². The van der Waals surface area contributed by atoms with Crippen LogP contribution in [0.15, 0.2) is 30.3 Å². The van der Waals surface area contributed by atoms with Crippen LogP contribution < -0.4 is 0 Å². The molecule has 0 aromatic heterocycles. The number of rotatable bonds is 12. The lowest BCUT2D eigenvalue weighted by Gasteiger charge is -2.19. The van der Waals surface area contributed by atoms with Crippen LogP contribution in [0.1, 0.15) is 71.3 Å². The first kappa shape index (κ1) is 23.7. The molecule has 28 heavy (non-hydrogen) atoms. The molecule has 6 nitrogen and oxygen atoms in total. The van der Waals surface area contributed by atoms with Crippen LogP contribution in [0.25, 0.3) is 0 Å². The van der Waals surface area contributed by atoms with Gasteiger partial charge in [0.1, 0.15) is 12.2 Å². The Kier molecular flexibility index (Phi) is 10.3. The monoisotopic (exact) mass is 392 g/mol. The summed E-state index contributed by atoms with van der Waals surface area (Å²) in [4.78, 5) is 34.8. The van der Waals surface area contributed by atoms with Crippen molar-refractivity contribution in [3.05, 3.63) is 35.9 Å². The van der Waals surface area contributed by atoms with Gasteiger partial charge in [-0.05, 0) is 45.1 Å². The van der Waals surface area contributed by atoms with Crippen molar-refractivity contribution in [2.45, 2.75) is 77.9 Å². The van der Waals surface area contributed by atoms with Crippen LogP contribution in [-0.2, 0) is 30.5 Å². The largest absolute Gasteiger partial charge is 0.481 e. The minimum atomic E-state index is -0.922. The number of ether oxygens (including phenoxy) is 2. The van der Waals surface area contributed by atoms with Crippen molar-refractivity contribution in [1.29, 1.82) is 0 Å². The first-order chi connectivity index (χ1) is 13.2. The number of hydrogen-bond acceptors (Lipinski definition) is 5. The standard InChI is InChI=1S/C22H32O6/c1-22(2,3)28-20(25)13-9-5-8-12-18(14-19(23)24)15-21(26)27-16-17-10-6-4-7-11-17/h4,6-7,10-11,18H,5,8-9,12-16H2,1-3H3,(H,23,24)/t18-/m0/s1. The number of carboxylic acids is 1. The van der Waals surface area contributed by atoms with Crippen molar-refractivity contribution in [3.8, 4) is 0 Å². The van der Waals surface area contributed by atoms with Gasteiger partial charge in [-0.3, -0.25) is 14.4 Å². The highest BCUT2D eigenvalue weighted by Gasteiger charge is 2.19. The smallest absolute Gasteiger partial charge is 0.306 e. The molecule has 0 aliphatic rings. The zero-order valence-electron chi connectivity index (χ0n) is 17.1. The molecule has 0 saturated carbocycles. The SMILES string of the molecule is CC(C)(C)OC(=O)CCCCC[C@@H](CC(=O)O)CC(=O)OCc1ccccc1. The van der Waals surface area contributed by atoms with Gasteiger partial charge in [-0.2, -0.15) is 0 Å². The van der Waals surface area contributed by atoms with Crippen LogP contribution >= 0.6 is 0 Å². The van der Waals surface area contributed by atoms with Crippen LogP contribution in [-0.4, -0.2) is 28.6 Å². The lowest BCUT2D eigenvalue weighted by molar-refractivity contribution is -0.155. The van der Waals surface area contributed by atoms with E-state index in [1.165, 1.54) is 0 Å². The Morgan fingerprint density at radius 2 is 1.64 bits per heavy atom. The van der Waals surface area contributed by atoms with E-state index in [4.69, 9.17) is 14.6 Å². The quantitative estimate of drug-likeness (QED) is 0.416. The van der Waals surface area contributed by atoms with E-state index in [-0.39, 0.29) is 37.3 Å². The van der Waals surface area contributed by atoms with Crippen LogP contribution in [0.3, 0.4) is 0 Å². The van der Waals surface area contributed by atoms with E-state index in [0.29, 0.717) is 19.3 Å². The summed E-state index contributed by atoms with van der Waals surface area (Å²) >= 11 is 0. The van der Waals surface area contributed by atoms with Gasteiger partial charge in [0.2, 0.25) is 0 Å². The predicted octanol–water partition coefficient (Wildman–Crippen LogP) is 4.50. The van der Waals surface area contributed by atoms with Crippen molar-refractivity contribution in [3.63, 3.8) is 0 Å². The Bertz CT molecular complexity index is 618. The van der Waals surface area contributed by atoms with Crippen molar-refractivity contribution < 1.29 is 29.0 Å². The van der Waals surface area contributed by atoms with Gasteiger partial charge in [0.15, 0.2) is 0 Å². The summed E-state index contributed by atoms with van der Waals surface area (Å²) in [5.74, 6) is -1.79. The van der Waals surface area contributed by atoms with Gasteiger partial charge in [-0.1, -0.05) is 43.2 Å². The number of carboxylic acid groups (broad SMARTS) is 1. The number of aliphatic carboxylic acids is 1. The highest BCUT2D eigenvalue weighted by atomic mass is 16.6. The van der Waals surface area contributed by atoms with Crippen LogP contribution in [0, 0.1) is 5.92 Å². The molecule has 0 aliphatic heterocycles. The molecule has 1 rings (SSSR count). The molecular weight excluding hydrogens is 360 g/mol. The summed E-state index contributed by atoms with van der Waals surface area (Å²) in [6.45, 7) is 5.68. The highest BCUT2D eigenvalue weighted by Crippen LogP contribution is 2.20. The van der Waals surface area contributed by atoms with Gasteiger partial charge in [0.25, 0.3) is 0 Å². The third-order valence-electron chi connectivity index (χ3n) is 4.07. The maximum absolute atomic E-state index is 12.0. The summed E-state index contributed by atoms with van der Waals surface area (Å²) in [6, 6.07) is 9.36. The van der Waals surface area contributed by atoms with E-state index in [1.807, 2.05) is 51.1 Å². The van der Waals surface area contributed by atoms with Gasteiger partial charge in [-0.25, -0.2) is 0 Å². The lowest BCUT2D eigenvalue weighted by atomic mass is 9.94. The Balaban J connectivity index is 2.30. The minimum absolute atomic E-state index is 0.0630. The zero-order valence-corrected chi connectivity index (χ0v) is 17.1. The molecule has 0 bridgehead atoms. The zero-order chi connectivity index (χ0) is 21.0. The second kappa shape index (κ2) is 12.2. The van der Waals surface area contributed by atoms with Gasteiger partial charge in [0, 0.05) is 19.3 Å². The number of unbranched alkanes of at least 4 members (excludes halogenated alkanes) is 2. The van der Waals surface area contributed by atoms with Crippen molar-refractivity contribution in [1.82, 2.24) is 0 Å². The molecule has 0 amide bonds. The first-order valence-electron chi connectivity index (χ1n) is 9.79. The summed E-state index contributed by atoms with van der Waals surface area (Å²) in [5.41, 5.74) is 0.414. The number of benzene rings is 1. The maximum Gasteiger partial charge on any atom is 0.306 e. The Hall–Kier alpha value is -2.37. The van der Waals surface area contributed by atoms with Gasteiger partial charge in [0.05, 0.1) is 0 Å². The van der Waals surface area contributed by atoms with Gasteiger partial charge in [-0.15, -0.1) is 0 Å². The van der Waals surface area contributed by atoms with Gasteiger partial charge < -0.3 is 14.6 Å². The average Bonchev–Trinajstić information content (AvgIpc) is 2.58. The third-order valence-corrected chi connectivity index (χ3v) is 4.07. The average molecular weight is 392 g/mol. The molecule has 1 aromatic carbocycles. The molecule has 1 atom stereocenters. The molecule has 1 N–H and O–H groups in total. The lowest BCUT2D eigenvalue weighted by Crippen LogP contribution is -2.23. The molecule has 0 saturated heterocycles. The Morgan fingerprint density at radius 3 is 2.25 bits per heavy atom. The second-order valence-electron chi connectivity index (χ2n) is 8.00. The van der Waals surface area contributed by atoms with E-state index >= 15 is 0 Å². The molecule has 1 aromatic rings. The van der Waals surface area contributed by atoms with Crippen molar-refractivity contribution in [2.75, 3.05) is 0 Å². The van der Waals surface area contributed by atoms with E-state index in [9.17, 15) is 14.4 Å². The second-order valence-corrected chi connectivity index (χ2v) is 8.00. The normalized spacial score (nSPS) is 12.2. The van der Waals surface area contributed by atoms with Crippen molar-refractivity contribution >= 4 is 17.9 Å². The molecule has 0 heterocycles. The maximum atomic E-state index is 12.0. The summed E-state index contributed by atoms with van der Waals surface area (Å²) < 4.78 is 10.5. The summed E-state index contributed by atoms with van der Waals surface area (Å²) in [6.07, 6.45) is 3.22. The fourth-order valence-corrected chi connectivity index (χ4v) is 2.83. The van der Waals surface area contributed by atoms with Crippen LogP contribution in [0.5, 0.6) is 0 Å². The molecule has 0 fully saturated rings. The van der Waals surface area contributed by atoms with E-state index in [1.54, 1.807) is 0 Å². The highest BCUT2D eigenvalue weighted by molar-refractivity contribution is 5.72. The molecule has 0 aliphatic carbocycles. The molecule has 0 radical (unpaired) electrons. The summed E-state index contributed by atoms with van der Waals surface area (Å²) in [7, 11) is 0. The van der Waals surface area contributed by atoms with E-state index in [2.05, 4.69) is 0 Å². The minimum Gasteiger partial charge on any atom is -0.481 e. The Morgan fingerprint density at radius 1 is 0.964 bits per heavy atom. The van der Waals surface area contributed by atoms with E-state index < -0.39 is 11.6 Å². The van der Waals surface area contributed by atoms with Gasteiger partial charge >= 0.3 is 17.9 Å². The van der Waals surface area contributed by atoms with Crippen LogP contribution in [0.4, 0.5) is 0 Å². The molecule has 0 spiro atoms. The van der Waals surface area contributed by atoms with Crippen LogP contribution in [0.2, 0.25) is 0 Å². The molecular formula is C22H32O6. The first-order valence-corrected chi connectivity index (χ1v) is 9.79. The summed E-state index contributed by atoms with van der Waals surface area (Å²) in [5, 5.41) is 9.08. The predicted molar refractivity (Wildman–Crippen MR) is 106 cm³/mol. The number of esters is 2. The van der Waals surface area contributed by atoms with Crippen molar-refractivity contribution in [2.24, 2.45) is 5.92 Å². The number of hydrogen-bond donors (Lipinski definition) is 1. The number of carbonyl (C=O) groups is 3. The molecule has 156 valence electrons. The fraction of sp³-hybridized carbons (Fsp3) is 0.591.